The lowest BCUT2D eigenvalue weighted by molar-refractivity contribution is -0.118. The van der Waals surface area contributed by atoms with E-state index in [-0.39, 0.29) is 36.0 Å². The third kappa shape index (κ3) is 4.18. The fourth-order valence-corrected chi connectivity index (χ4v) is 1.39. The van der Waals surface area contributed by atoms with Crippen LogP contribution in [0.15, 0.2) is 18.2 Å². The topological polar surface area (TPSA) is 66.8 Å². The molecule has 0 atom stereocenters. The number of phenols is 1. The summed E-state index contributed by atoms with van der Waals surface area (Å²) in [4.78, 5) is 24.2. The van der Waals surface area contributed by atoms with E-state index in [0.29, 0.717) is 5.75 Å². The molecule has 0 aliphatic heterocycles. The Kier molecular flexibility index (Phi) is 4.85. The first-order valence-electron chi connectivity index (χ1n) is 5.53. The number of rotatable bonds is 6. The molecule has 0 fully saturated rings. The molecule has 1 N–H and O–H groups in total. The van der Waals surface area contributed by atoms with Crippen LogP contribution < -0.4 is 4.74 Å². The van der Waals surface area contributed by atoms with Gasteiger partial charge in [0.2, 0.25) is 0 Å². The number of nitrogens with zero attached hydrogens (tertiary/aromatic N) is 1. The molecule has 5 heteroatoms. The van der Waals surface area contributed by atoms with Gasteiger partial charge in [-0.25, -0.2) is 0 Å². The highest BCUT2D eigenvalue weighted by Gasteiger charge is 2.12. The minimum absolute atomic E-state index is 0.0512. The summed E-state index contributed by atoms with van der Waals surface area (Å²) in [6.45, 7) is 1.58. The molecule has 0 bridgehead atoms. The minimum atomic E-state index is -0.171. The van der Waals surface area contributed by atoms with E-state index in [1.165, 1.54) is 19.1 Å². The van der Waals surface area contributed by atoms with Crippen LogP contribution in [0.2, 0.25) is 0 Å². The Balaban J connectivity index is 2.79. The summed E-state index contributed by atoms with van der Waals surface area (Å²) in [6, 6.07) is 4.40. The molecule has 5 nitrogen and oxygen atoms in total. The molecule has 0 saturated carbocycles. The number of benzene rings is 1. The first-order valence-corrected chi connectivity index (χ1v) is 5.53. The van der Waals surface area contributed by atoms with Gasteiger partial charge in [-0.2, -0.15) is 0 Å². The highest BCUT2D eigenvalue weighted by molar-refractivity contribution is 6.00. The number of hydrogen-bond donors (Lipinski definition) is 1. The molecule has 1 rings (SSSR count). The third-order valence-corrected chi connectivity index (χ3v) is 2.17. The summed E-state index contributed by atoms with van der Waals surface area (Å²) in [5.41, 5.74) is 0.249. The van der Waals surface area contributed by atoms with Crippen LogP contribution in [-0.2, 0) is 4.79 Å². The van der Waals surface area contributed by atoms with Gasteiger partial charge in [0.15, 0.2) is 11.6 Å². The van der Waals surface area contributed by atoms with Crippen molar-refractivity contribution in [1.29, 1.82) is 0 Å². The Morgan fingerprint density at radius 2 is 2.00 bits per heavy atom. The van der Waals surface area contributed by atoms with Gasteiger partial charge >= 0.3 is 0 Å². The predicted molar refractivity (Wildman–Crippen MR) is 67.2 cm³/mol. The van der Waals surface area contributed by atoms with Crippen LogP contribution in [0.4, 0.5) is 0 Å². The molecule has 1 aromatic rings. The number of Topliss-reactive ketones (excluding diaryl/α,β-unsaturated/α-hetero) is 2. The first kappa shape index (κ1) is 14.2. The zero-order valence-electron chi connectivity index (χ0n) is 10.8. The zero-order valence-corrected chi connectivity index (χ0v) is 10.8. The quantitative estimate of drug-likeness (QED) is 0.767. The minimum Gasteiger partial charge on any atom is -0.507 e. The van der Waals surface area contributed by atoms with Crippen molar-refractivity contribution in [3.8, 4) is 11.5 Å². The molecule has 18 heavy (non-hydrogen) atoms. The number of hydrogen-bond acceptors (Lipinski definition) is 5. The van der Waals surface area contributed by atoms with E-state index < -0.39 is 0 Å². The largest absolute Gasteiger partial charge is 0.507 e. The van der Waals surface area contributed by atoms with Gasteiger partial charge in [0.25, 0.3) is 0 Å². The fraction of sp³-hybridized carbons (Fsp3) is 0.385. The normalized spacial score (nSPS) is 10.4. The number of phenolic OH excluding ortho intramolecular Hbond substituents is 1. The van der Waals surface area contributed by atoms with Gasteiger partial charge in [-0.05, 0) is 33.2 Å². The van der Waals surface area contributed by atoms with Crippen molar-refractivity contribution in [2.24, 2.45) is 0 Å². The number of ether oxygens (including phenoxy) is 1. The van der Waals surface area contributed by atoms with Gasteiger partial charge in [0.1, 0.15) is 18.1 Å². The molecule has 0 spiro atoms. The predicted octanol–water partition coefficient (Wildman–Crippen LogP) is 1.10. The van der Waals surface area contributed by atoms with Crippen molar-refractivity contribution < 1.29 is 19.4 Å². The molecule has 0 saturated heterocycles. The van der Waals surface area contributed by atoms with Gasteiger partial charge in [-0.15, -0.1) is 0 Å². The molecular weight excluding hydrogens is 234 g/mol. The number of likely N-dealkylation sites (N-methyl/N-ethyl adjacent to an activating group) is 1. The Morgan fingerprint density at radius 1 is 1.33 bits per heavy atom. The van der Waals surface area contributed by atoms with E-state index in [2.05, 4.69) is 0 Å². The van der Waals surface area contributed by atoms with E-state index in [0.717, 1.165) is 0 Å². The maximum atomic E-state index is 11.8. The maximum absolute atomic E-state index is 11.8. The average Bonchev–Trinajstić information content (AvgIpc) is 2.25. The number of carbonyl (C=O) groups excluding carboxylic acids is 2. The van der Waals surface area contributed by atoms with E-state index >= 15 is 0 Å². The van der Waals surface area contributed by atoms with Crippen LogP contribution in [-0.4, -0.2) is 48.8 Å². The van der Waals surface area contributed by atoms with Gasteiger partial charge in [-0.3, -0.25) is 9.59 Å². The van der Waals surface area contributed by atoms with E-state index in [4.69, 9.17) is 4.74 Å². The molecule has 0 heterocycles. The molecule has 0 unspecified atom stereocenters. The molecule has 98 valence electrons. The number of carbonyl (C=O) groups is 2. The Hall–Kier alpha value is -1.88. The van der Waals surface area contributed by atoms with Crippen LogP contribution >= 0.6 is 0 Å². The van der Waals surface area contributed by atoms with Crippen molar-refractivity contribution >= 4 is 11.6 Å². The van der Waals surface area contributed by atoms with E-state index in [9.17, 15) is 14.7 Å². The summed E-state index contributed by atoms with van der Waals surface area (Å²) >= 11 is 0. The smallest absolute Gasteiger partial charge is 0.180 e. The molecule has 0 radical (unpaired) electrons. The Labute approximate surface area is 106 Å². The molecule has 1 aromatic carbocycles. The summed E-state index contributed by atoms with van der Waals surface area (Å²) in [7, 11) is 3.55. The molecule has 0 aromatic heterocycles. The second-order valence-electron chi connectivity index (χ2n) is 4.33. The second-order valence-corrected chi connectivity index (χ2v) is 4.33. The zero-order chi connectivity index (χ0) is 13.7. The number of aromatic hydroxyl groups is 1. The maximum Gasteiger partial charge on any atom is 0.180 e. The molecule has 0 amide bonds. The Bertz CT molecular complexity index is 454. The monoisotopic (exact) mass is 251 g/mol. The molecule has 0 aliphatic rings. The lowest BCUT2D eigenvalue weighted by Crippen LogP contribution is -2.21. The lowest BCUT2D eigenvalue weighted by atomic mass is 10.1. The van der Waals surface area contributed by atoms with E-state index in [1.807, 2.05) is 0 Å². The van der Waals surface area contributed by atoms with Crippen molar-refractivity contribution in [1.82, 2.24) is 4.90 Å². The fourth-order valence-electron chi connectivity index (χ4n) is 1.39. The summed E-state index contributed by atoms with van der Waals surface area (Å²) in [5, 5.41) is 9.74. The van der Waals surface area contributed by atoms with Crippen LogP contribution in [0.1, 0.15) is 17.3 Å². The van der Waals surface area contributed by atoms with Crippen LogP contribution in [0.5, 0.6) is 11.5 Å². The summed E-state index contributed by atoms with van der Waals surface area (Å²) in [5.74, 6) is -0.0510. The third-order valence-electron chi connectivity index (χ3n) is 2.17. The summed E-state index contributed by atoms with van der Waals surface area (Å²) < 4.78 is 5.13. The van der Waals surface area contributed by atoms with Gasteiger partial charge in [0.05, 0.1) is 12.1 Å². The number of ketones is 2. The highest BCUT2D eigenvalue weighted by atomic mass is 16.5. The first-order chi connectivity index (χ1) is 8.40. The van der Waals surface area contributed by atoms with Crippen LogP contribution in [0.25, 0.3) is 0 Å². The van der Waals surface area contributed by atoms with Crippen molar-refractivity contribution in [3.63, 3.8) is 0 Å². The highest BCUT2D eigenvalue weighted by Crippen LogP contribution is 2.24. The standard InChI is InChI=1S/C13H17NO4/c1-9(15)8-18-10-4-5-11(12(16)6-10)13(17)7-14(2)3/h4-6,16H,7-8H2,1-3H3. The van der Waals surface area contributed by atoms with Gasteiger partial charge in [-0.1, -0.05) is 0 Å². The van der Waals surface area contributed by atoms with Gasteiger partial charge < -0.3 is 14.7 Å². The van der Waals surface area contributed by atoms with E-state index in [1.54, 1.807) is 25.1 Å². The van der Waals surface area contributed by atoms with Crippen molar-refractivity contribution in [3.05, 3.63) is 23.8 Å². The van der Waals surface area contributed by atoms with Crippen LogP contribution in [0, 0.1) is 0 Å². The molecular formula is C13H17NO4. The van der Waals surface area contributed by atoms with Crippen LogP contribution in [0.3, 0.4) is 0 Å². The average molecular weight is 251 g/mol. The Morgan fingerprint density at radius 3 is 2.50 bits per heavy atom. The van der Waals surface area contributed by atoms with Gasteiger partial charge in [0, 0.05) is 6.07 Å². The second kappa shape index (κ2) is 6.16. The van der Waals surface area contributed by atoms with Crippen molar-refractivity contribution in [2.75, 3.05) is 27.2 Å². The summed E-state index contributed by atoms with van der Waals surface area (Å²) in [6.07, 6.45) is 0. The molecule has 0 aliphatic carbocycles. The SMILES string of the molecule is CC(=O)COc1ccc(C(=O)CN(C)C)c(O)c1. The lowest BCUT2D eigenvalue weighted by Gasteiger charge is -2.10. The van der Waals surface area contributed by atoms with Crippen molar-refractivity contribution in [2.45, 2.75) is 6.92 Å².